The van der Waals surface area contributed by atoms with Crippen LogP contribution in [0.5, 0.6) is 0 Å². The Bertz CT molecular complexity index is 937. The third kappa shape index (κ3) is 4.21. The second kappa shape index (κ2) is 7.29. The zero-order valence-electron chi connectivity index (χ0n) is 13.6. The largest absolute Gasteiger partial charge is 0.431 e. The van der Waals surface area contributed by atoms with Crippen LogP contribution in [0.25, 0.3) is 11.1 Å². The Hall–Kier alpha value is -2.31. The maximum atomic E-state index is 12.3. The van der Waals surface area contributed by atoms with Crippen molar-refractivity contribution in [1.29, 1.82) is 0 Å². The fraction of sp³-hybridized carbons (Fsp3) is 0.167. The maximum absolute atomic E-state index is 12.3. The van der Waals surface area contributed by atoms with E-state index in [0.717, 1.165) is 0 Å². The highest BCUT2D eigenvalue weighted by atomic mass is 35.5. The summed E-state index contributed by atoms with van der Waals surface area (Å²) in [6.45, 7) is 3.27. The molecule has 3 aromatic rings. The lowest BCUT2D eigenvalue weighted by Gasteiger charge is -2.10. The first-order chi connectivity index (χ1) is 11.9. The van der Waals surface area contributed by atoms with Gasteiger partial charge >= 0.3 is 0 Å². The molecule has 1 atom stereocenters. The Kier molecular flexibility index (Phi) is 5.11. The number of anilines is 1. The quantitative estimate of drug-likeness (QED) is 0.512. The molecule has 1 unspecified atom stereocenters. The van der Waals surface area contributed by atoms with E-state index < -0.39 is 5.25 Å². The highest BCUT2D eigenvalue weighted by molar-refractivity contribution is 8.00. The molecule has 0 fully saturated rings. The lowest BCUT2D eigenvalue weighted by Crippen LogP contribution is -2.22. The molecular weight excluding hydrogens is 360 g/mol. The van der Waals surface area contributed by atoms with Crippen LogP contribution in [0.1, 0.15) is 24.2 Å². The first-order valence-corrected chi connectivity index (χ1v) is 8.83. The molecule has 0 bridgehead atoms. The number of Topliss-reactive ketones (excluding diaryl/α,β-unsaturated/α-hetero) is 1. The molecule has 1 aromatic heterocycles. The molecular formula is C18H15ClN2O3S. The summed E-state index contributed by atoms with van der Waals surface area (Å²) in [5, 5.41) is 3.39. The average molecular weight is 375 g/mol. The summed E-state index contributed by atoms with van der Waals surface area (Å²) in [7, 11) is 0. The van der Waals surface area contributed by atoms with Crippen LogP contribution in [0.15, 0.2) is 52.1 Å². The molecule has 1 heterocycles. The van der Waals surface area contributed by atoms with Gasteiger partial charge in [0.25, 0.3) is 5.22 Å². The number of halogens is 1. The summed E-state index contributed by atoms with van der Waals surface area (Å²) in [5.41, 5.74) is 2.51. The van der Waals surface area contributed by atoms with Gasteiger partial charge in [0.2, 0.25) is 5.91 Å². The molecule has 0 radical (unpaired) electrons. The second-order valence-electron chi connectivity index (χ2n) is 5.47. The van der Waals surface area contributed by atoms with Gasteiger partial charge < -0.3 is 9.73 Å². The summed E-state index contributed by atoms with van der Waals surface area (Å²) in [6, 6.07) is 12.0. The number of oxazole rings is 1. The number of thioether (sulfide) groups is 1. The van der Waals surface area contributed by atoms with E-state index in [4.69, 9.17) is 16.0 Å². The van der Waals surface area contributed by atoms with Gasteiger partial charge in [0.05, 0.1) is 5.25 Å². The molecule has 1 amide bonds. The van der Waals surface area contributed by atoms with Gasteiger partial charge in [0.1, 0.15) is 5.52 Å². The van der Waals surface area contributed by atoms with Crippen LogP contribution >= 0.6 is 23.4 Å². The summed E-state index contributed by atoms with van der Waals surface area (Å²) in [6.07, 6.45) is 0. The maximum Gasteiger partial charge on any atom is 0.257 e. The number of aromatic nitrogens is 1. The van der Waals surface area contributed by atoms with Crippen LogP contribution in [0.4, 0.5) is 5.69 Å². The van der Waals surface area contributed by atoms with Gasteiger partial charge in [-0.3, -0.25) is 9.59 Å². The molecule has 0 saturated heterocycles. The van der Waals surface area contributed by atoms with Gasteiger partial charge in [-0.05, 0) is 56.3 Å². The number of hydrogen-bond donors (Lipinski definition) is 1. The minimum atomic E-state index is -0.406. The van der Waals surface area contributed by atoms with Gasteiger partial charge in [0.15, 0.2) is 11.4 Å². The Morgan fingerprint density at radius 2 is 1.92 bits per heavy atom. The Balaban J connectivity index is 1.66. The van der Waals surface area contributed by atoms with Gasteiger partial charge in [-0.25, -0.2) is 4.98 Å². The molecule has 0 saturated carbocycles. The zero-order chi connectivity index (χ0) is 18.0. The van der Waals surface area contributed by atoms with Crippen molar-refractivity contribution >= 4 is 51.8 Å². The first-order valence-electron chi connectivity index (χ1n) is 7.57. The molecule has 0 aliphatic carbocycles. The number of amides is 1. The molecule has 0 spiro atoms. The van der Waals surface area contributed by atoms with Crippen molar-refractivity contribution in [2.45, 2.75) is 24.3 Å². The van der Waals surface area contributed by atoms with Crippen LogP contribution < -0.4 is 5.32 Å². The highest BCUT2D eigenvalue weighted by Crippen LogP contribution is 2.28. The van der Waals surface area contributed by atoms with Crippen molar-refractivity contribution in [3.05, 3.63) is 53.1 Å². The number of nitrogens with one attached hydrogen (secondary N) is 1. The van der Waals surface area contributed by atoms with Gasteiger partial charge in [0, 0.05) is 16.3 Å². The summed E-state index contributed by atoms with van der Waals surface area (Å²) < 4.78 is 5.61. The number of fused-ring (bicyclic) bond motifs is 1. The molecule has 128 valence electrons. The van der Waals surface area contributed by atoms with Crippen LogP contribution in [0.2, 0.25) is 5.02 Å². The van der Waals surface area contributed by atoms with Crippen LogP contribution in [0.3, 0.4) is 0 Å². The zero-order valence-corrected chi connectivity index (χ0v) is 15.1. The normalized spacial score (nSPS) is 12.1. The van der Waals surface area contributed by atoms with Gasteiger partial charge in [-0.15, -0.1) is 0 Å². The number of nitrogens with zero attached hydrogens (tertiary/aromatic N) is 1. The fourth-order valence-electron chi connectivity index (χ4n) is 2.17. The minimum Gasteiger partial charge on any atom is -0.431 e. The molecule has 0 aliphatic heterocycles. The minimum absolute atomic E-state index is 0.0159. The van der Waals surface area contributed by atoms with Crippen molar-refractivity contribution in [2.75, 3.05) is 5.32 Å². The Morgan fingerprint density at radius 3 is 2.60 bits per heavy atom. The Labute approximate surface area is 153 Å². The predicted octanol–water partition coefficient (Wildman–Crippen LogP) is 4.80. The number of carbonyl (C=O) groups is 2. The standard InChI is InChI=1S/C18H15ClN2O3S/c1-10(22)12-3-6-14(7-4-12)20-17(23)11(2)25-18-21-15-9-13(19)5-8-16(15)24-18/h3-9,11H,1-2H3,(H,20,23). The monoisotopic (exact) mass is 374 g/mol. The SMILES string of the molecule is CC(=O)c1ccc(NC(=O)C(C)Sc2nc3cc(Cl)ccc3o2)cc1. The average Bonchev–Trinajstić information content (AvgIpc) is 2.96. The first kappa shape index (κ1) is 17.5. The number of carbonyl (C=O) groups excluding carboxylic acids is 2. The molecule has 3 rings (SSSR count). The van der Waals surface area contributed by atoms with E-state index >= 15 is 0 Å². The van der Waals surface area contributed by atoms with E-state index in [0.29, 0.717) is 32.6 Å². The van der Waals surface area contributed by atoms with Crippen molar-refractivity contribution in [3.63, 3.8) is 0 Å². The van der Waals surface area contributed by atoms with Gasteiger partial charge in [-0.1, -0.05) is 23.4 Å². The summed E-state index contributed by atoms with van der Waals surface area (Å²) in [5.74, 6) is -0.196. The number of benzene rings is 2. The fourth-order valence-corrected chi connectivity index (χ4v) is 3.09. The molecule has 1 N–H and O–H groups in total. The predicted molar refractivity (Wildman–Crippen MR) is 99.4 cm³/mol. The lowest BCUT2D eigenvalue weighted by molar-refractivity contribution is -0.115. The van der Waals surface area contributed by atoms with E-state index in [-0.39, 0.29) is 11.7 Å². The number of hydrogen-bond acceptors (Lipinski definition) is 5. The van der Waals surface area contributed by atoms with E-state index in [9.17, 15) is 9.59 Å². The second-order valence-corrected chi connectivity index (χ2v) is 7.20. The van der Waals surface area contributed by atoms with E-state index in [1.54, 1.807) is 49.4 Å². The van der Waals surface area contributed by atoms with E-state index in [1.165, 1.54) is 18.7 Å². The van der Waals surface area contributed by atoms with Crippen molar-refractivity contribution in [2.24, 2.45) is 0 Å². The summed E-state index contributed by atoms with van der Waals surface area (Å²) >= 11 is 7.15. The van der Waals surface area contributed by atoms with Crippen molar-refractivity contribution < 1.29 is 14.0 Å². The van der Waals surface area contributed by atoms with E-state index in [1.807, 2.05) is 0 Å². The molecule has 0 aliphatic rings. The van der Waals surface area contributed by atoms with Crippen LogP contribution in [-0.4, -0.2) is 21.9 Å². The molecule has 7 heteroatoms. The summed E-state index contributed by atoms with van der Waals surface area (Å²) in [4.78, 5) is 27.9. The van der Waals surface area contributed by atoms with E-state index in [2.05, 4.69) is 10.3 Å². The topological polar surface area (TPSA) is 72.2 Å². The third-order valence-electron chi connectivity index (χ3n) is 3.54. The van der Waals surface area contributed by atoms with Gasteiger partial charge in [-0.2, -0.15) is 0 Å². The Morgan fingerprint density at radius 1 is 1.20 bits per heavy atom. The molecule has 5 nitrogen and oxygen atoms in total. The van der Waals surface area contributed by atoms with Crippen LogP contribution in [-0.2, 0) is 4.79 Å². The number of ketones is 1. The van der Waals surface area contributed by atoms with Crippen molar-refractivity contribution in [3.8, 4) is 0 Å². The molecule has 25 heavy (non-hydrogen) atoms. The number of rotatable bonds is 5. The third-order valence-corrected chi connectivity index (χ3v) is 4.71. The highest BCUT2D eigenvalue weighted by Gasteiger charge is 2.18. The lowest BCUT2D eigenvalue weighted by atomic mass is 10.1. The van der Waals surface area contributed by atoms with Crippen molar-refractivity contribution in [1.82, 2.24) is 4.98 Å². The molecule has 2 aromatic carbocycles. The van der Waals surface area contributed by atoms with Crippen LogP contribution in [0, 0.1) is 0 Å². The smallest absolute Gasteiger partial charge is 0.257 e.